The van der Waals surface area contributed by atoms with Crippen LogP contribution in [0.4, 0.5) is 5.69 Å². The zero-order valence-electron chi connectivity index (χ0n) is 11.3. The topological polar surface area (TPSA) is 29.1 Å². The number of benzene rings is 2. The smallest absolute Gasteiger partial charge is 0.232 e. The lowest BCUT2D eigenvalue weighted by Crippen LogP contribution is -2.25. The van der Waals surface area contributed by atoms with E-state index in [1.807, 2.05) is 60.7 Å². The molecule has 1 atom stereocenters. The molecular weight excluding hydrogens is 234 g/mol. The summed E-state index contributed by atoms with van der Waals surface area (Å²) in [5.74, 6) is 0.180. The molecule has 0 saturated carbocycles. The van der Waals surface area contributed by atoms with Gasteiger partial charge in [-0.05, 0) is 23.6 Å². The van der Waals surface area contributed by atoms with Gasteiger partial charge in [0.25, 0.3) is 0 Å². The molecular formula is C17H19NO. The number of nitrogens with one attached hydrogen (secondary N) is 1. The number of carbonyl (C=O) groups is 1. The van der Waals surface area contributed by atoms with E-state index in [0.29, 0.717) is 0 Å². The average Bonchev–Trinajstić information content (AvgIpc) is 2.40. The highest BCUT2D eigenvalue weighted by Gasteiger charge is 2.23. The Kier molecular flexibility index (Phi) is 4.35. The number of hydrogen-bond donors (Lipinski definition) is 1. The van der Waals surface area contributed by atoms with Gasteiger partial charge in [0.15, 0.2) is 0 Å². The summed E-state index contributed by atoms with van der Waals surface area (Å²) in [7, 11) is 0. The van der Waals surface area contributed by atoms with Crippen molar-refractivity contribution in [1.29, 1.82) is 0 Å². The molecule has 2 aromatic rings. The maximum atomic E-state index is 12.4. The molecule has 98 valence electrons. The molecule has 19 heavy (non-hydrogen) atoms. The van der Waals surface area contributed by atoms with Gasteiger partial charge in [0, 0.05) is 5.69 Å². The minimum absolute atomic E-state index is 0.0485. The van der Waals surface area contributed by atoms with E-state index < -0.39 is 0 Å². The molecule has 0 aliphatic heterocycles. The molecule has 0 bridgehead atoms. The molecule has 0 spiro atoms. The van der Waals surface area contributed by atoms with Gasteiger partial charge >= 0.3 is 0 Å². The van der Waals surface area contributed by atoms with Crippen molar-refractivity contribution in [2.45, 2.75) is 19.8 Å². The molecule has 0 aliphatic rings. The van der Waals surface area contributed by atoms with Crippen LogP contribution in [0.1, 0.15) is 25.3 Å². The molecule has 0 aliphatic carbocycles. The zero-order chi connectivity index (χ0) is 13.7. The SMILES string of the molecule is CC(C)[C@@H](C(=O)Nc1ccccc1)c1ccccc1. The maximum Gasteiger partial charge on any atom is 0.232 e. The van der Waals surface area contributed by atoms with Crippen LogP contribution >= 0.6 is 0 Å². The van der Waals surface area contributed by atoms with Crippen molar-refractivity contribution < 1.29 is 4.79 Å². The molecule has 0 aromatic heterocycles. The third-order valence-electron chi connectivity index (χ3n) is 3.15. The predicted molar refractivity (Wildman–Crippen MR) is 79.1 cm³/mol. The van der Waals surface area contributed by atoms with Gasteiger partial charge in [-0.1, -0.05) is 62.4 Å². The quantitative estimate of drug-likeness (QED) is 0.874. The van der Waals surface area contributed by atoms with Gasteiger partial charge in [-0.25, -0.2) is 0 Å². The molecule has 0 fully saturated rings. The Labute approximate surface area is 114 Å². The number of anilines is 1. The normalized spacial score (nSPS) is 12.2. The van der Waals surface area contributed by atoms with Gasteiger partial charge in [-0.3, -0.25) is 4.79 Å². The molecule has 2 rings (SSSR count). The number of hydrogen-bond acceptors (Lipinski definition) is 1. The standard InChI is InChI=1S/C17H19NO/c1-13(2)16(14-9-5-3-6-10-14)17(19)18-15-11-7-4-8-12-15/h3-13,16H,1-2H3,(H,18,19)/t16-/m1/s1. The van der Waals surface area contributed by atoms with Gasteiger partial charge in [-0.15, -0.1) is 0 Å². The van der Waals surface area contributed by atoms with Crippen LogP contribution in [0.15, 0.2) is 60.7 Å². The molecule has 2 aromatic carbocycles. The zero-order valence-corrected chi connectivity index (χ0v) is 11.3. The lowest BCUT2D eigenvalue weighted by atomic mass is 9.87. The fourth-order valence-corrected chi connectivity index (χ4v) is 2.24. The van der Waals surface area contributed by atoms with E-state index >= 15 is 0 Å². The van der Waals surface area contributed by atoms with Gasteiger partial charge in [0.2, 0.25) is 5.91 Å². The van der Waals surface area contributed by atoms with Crippen LogP contribution in [0.5, 0.6) is 0 Å². The molecule has 2 heteroatoms. The summed E-state index contributed by atoms with van der Waals surface area (Å²) in [5, 5.41) is 2.98. The Balaban J connectivity index is 2.19. The van der Waals surface area contributed by atoms with Crippen molar-refractivity contribution in [2.24, 2.45) is 5.92 Å². The predicted octanol–water partition coefficient (Wildman–Crippen LogP) is 4.06. The van der Waals surface area contributed by atoms with Crippen molar-refractivity contribution in [1.82, 2.24) is 0 Å². The molecule has 0 saturated heterocycles. The average molecular weight is 253 g/mol. The number of amides is 1. The second kappa shape index (κ2) is 6.19. The monoisotopic (exact) mass is 253 g/mol. The van der Waals surface area contributed by atoms with Crippen molar-refractivity contribution in [3.8, 4) is 0 Å². The third kappa shape index (κ3) is 3.44. The van der Waals surface area contributed by atoms with Crippen LogP contribution in [-0.2, 0) is 4.79 Å². The first-order valence-corrected chi connectivity index (χ1v) is 6.59. The van der Waals surface area contributed by atoms with Gasteiger partial charge < -0.3 is 5.32 Å². The summed E-state index contributed by atoms with van der Waals surface area (Å²) >= 11 is 0. The molecule has 0 heterocycles. The Bertz CT molecular complexity index is 519. The fourth-order valence-electron chi connectivity index (χ4n) is 2.24. The van der Waals surface area contributed by atoms with E-state index in [4.69, 9.17) is 0 Å². The lowest BCUT2D eigenvalue weighted by Gasteiger charge is -2.20. The molecule has 1 N–H and O–H groups in total. The first kappa shape index (κ1) is 13.3. The second-order valence-corrected chi connectivity index (χ2v) is 4.99. The number of para-hydroxylation sites is 1. The summed E-state index contributed by atoms with van der Waals surface area (Å²) in [4.78, 5) is 12.4. The Morgan fingerprint density at radius 3 is 1.95 bits per heavy atom. The summed E-state index contributed by atoms with van der Waals surface area (Å²) in [6.07, 6.45) is 0. The Morgan fingerprint density at radius 1 is 0.895 bits per heavy atom. The van der Waals surface area contributed by atoms with Crippen molar-refractivity contribution in [3.05, 3.63) is 66.2 Å². The highest BCUT2D eigenvalue weighted by atomic mass is 16.1. The van der Waals surface area contributed by atoms with E-state index in [-0.39, 0.29) is 17.7 Å². The summed E-state index contributed by atoms with van der Waals surface area (Å²) in [6.45, 7) is 4.14. The minimum Gasteiger partial charge on any atom is -0.326 e. The minimum atomic E-state index is -0.124. The number of carbonyl (C=O) groups excluding carboxylic acids is 1. The lowest BCUT2D eigenvalue weighted by molar-refractivity contribution is -0.118. The van der Waals surface area contributed by atoms with Crippen LogP contribution < -0.4 is 5.32 Å². The van der Waals surface area contributed by atoms with E-state index in [2.05, 4.69) is 19.2 Å². The summed E-state index contributed by atoms with van der Waals surface area (Å²) < 4.78 is 0. The summed E-state index contributed by atoms with van der Waals surface area (Å²) in [6, 6.07) is 19.5. The second-order valence-electron chi connectivity index (χ2n) is 4.99. The van der Waals surface area contributed by atoms with E-state index in [9.17, 15) is 4.79 Å². The highest BCUT2D eigenvalue weighted by Crippen LogP contribution is 2.25. The maximum absolute atomic E-state index is 12.4. The first-order valence-electron chi connectivity index (χ1n) is 6.59. The Hall–Kier alpha value is -2.09. The molecule has 2 nitrogen and oxygen atoms in total. The van der Waals surface area contributed by atoms with Crippen LogP contribution in [0.25, 0.3) is 0 Å². The van der Waals surface area contributed by atoms with Crippen LogP contribution in [-0.4, -0.2) is 5.91 Å². The molecule has 0 unspecified atom stereocenters. The van der Waals surface area contributed by atoms with E-state index in [0.717, 1.165) is 11.3 Å². The van der Waals surface area contributed by atoms with Crippen LogP contribution in [0, 0.1) is 5.92 Å². The Morgan fingerprint density at radius 2 is 1.42 bits per heavy atom. The highest BCUT2D eigenvalue weighted by molar-refractivity contribution is 5.96. The van der Waals surface area contributed by atoms with E-state index in [1.54, 1.807) is 0 Å². The largest absolute Gasteiger partial charge is 0.326 e. The fraction of sp³-hybridized carbons (Fsp3) is 0.235. The summed E-state index contributed by atoms with van der Waals surface area (Å²) in [5.41, 5.74) is 1.90. The van der Waals surface area contributed by atoms with Crippen molar-refractivity contribution >= 4 is 11.6 Å². The van der Waals surface area contributed by atoms with Gasteiger partial charge in [-0.2, -0.15) is 0 Å². The van der Waals surface area contributed by atoms with Crippen LogP contribution in [0.2, 0.25) is 0 Å². The van der Waals surface area contributed by atoms with Crippen molar-refractivity contribution in [3.63, 3.8) is 0 Å². The first-order chi connectivity index (χ1) is 9.18. The third-order valence-corrected chi connectivity index (χ3v) is 3.15. The number of rotatable bonds is 4. The molecule has 0 radical (unpaired) electrons. The van der Waals surface area contributed by atoms with E-state index in [1.165, 1.54) is 0 Å². The van der Waals surface area contributed by atoms with Crippen LogP contribution in [0.3, 0.4) is 0 Å². The van der Waals surface area contributed by atoms with Gasteiger partial charge in [0.05, 0.1) is 5.92 Å². The van der Waals surface area contributed by atoms with Crippen molar-refractivity contribution in [2.75, 3.05) is 5.32 Å². The van der Waals surface area contributed by atoms with Gasteiger partial charge in [0.1, 0.15) is 0 Å². The molecule has 1 amide bonds.